The zero-order valence-corrected chi connectivity index (χ0v) is 27.6. The largest absolute Gasteiger partial charge is 0.687 e. The molecule has 6 rings (SSSR count). The molecule has 4 aromatic rings. The van der Waals surface area contributed by atoms with Crippen LogP contribution in [0.25, 0.3) is 21.3 Å². The molecule has 0 bridgehead atoms. The Hall–Kier alpha value is -3.29. The normalized spacial score (nSPS) is 12.0. The summed E-state index contributed by atoms with van der Waals surface area (Å²) in [5.74, 6) is 0. The number of ether oxygens (including phenoxy) is 2. The second-order valence-electron chi connectivity index (χ2n) is 8.60. The predicted molar refractivity (Wildman–Crippen MR) is 181 cm³/mol. The van der Waals surface area contributed by atoms with Gasteiger partial charge in [0.15, 0.2) is 0 Å². The summed E-state index contributed by atoms with van der Waals surface area (Å²) in [6.07, 6.45) is 4.75. The van der Waals surface area contributed by atoms with Gasteiger partial charge < -0.3 is 30.7 Å². The maximum atomic E-state index is 4.82. The molecule has 0 aliphatic carbocycles. The molecule has 0 spiro atoms. The molecule has 0 N–H and O–H groups in total. The first-order chi connectivity index (χ1) is 20.7. The van der Waals surface area contributed by atoms with Crippen molar-refractivity contribution in [3.63, 3.8) is 0 Å². The first kappa shape index (κ1) is 39.7. The van der Waals surface area contributed by atoms with Crippen molar-refractivity contribution in [2.45, 2.75) is 25.7 Å². The van der Waals surface area contributed by atoms with Gasteiger partial charge in [-0.15, -0.1) is 50.9 Å². The zero-order chi connectivity index (χ0) is 30.4. The molecule has 2 aliphatic rings. The van der Waals surface area contributed by atoms with E-state index in [9.17, 15) is 0 Å². The Morgan fingerprint density at radius 2 is 0.651 bits per heavy atom. The van der Waals surface area contributed by atoms with Crippen LogP contribution in [0.1, 0.15) is 25.7 Å². The molecular weight excluding hydrogens is 568 g/mol. The maximum absolute atomic E-state index is 4.82. The van der Waals surface area contributed by atoms with E-state index in [1.54, 1.807) is 28.2 Å². The molecular formula is C36H46N4O2Ti-6. The Kier molecular flexibility index (Phi) is 27.9. The van der Waals surface area contributed by atoms with Gasteiger partial charge >= 0.3 is 0 Å². The minimum atomic E-state index is 0. The standard InChI is InChI=1S/4C7H8N.2C4H7O.Ti/c4*1-8-7-5-3-2-4-6-7;2*1-2-4-5-3-1;/h4*2-6H,1H3;2*3H,1-2,4H2;/q6*-1;. The van der Waals surface area contributed by atoms with Crippen LogP contribution in [0.2, 0.25) is 0 Å². The summed E-state index contributed by atoms with van der Waals surface area (Å²) in [6, 6.07) is 39.5. The molecule has 7 heteroatoms. The molecule has 2 aliphatic heterocycles. The summed E-state index contributed by atoms with van der Waals surface area (Å²) in [6.45, 7) is 5.61. The molecule has 43 heavy (non-hydrogen) atoms. The number of hydrogen-bond acceptors (Lipinski definition) is 2. The topological polar surface area (TPSA) is 74.9 Å². The van der Waals surface area contributed by atoms with Crippen LogP contribution >= 0.6 is 0 Å². The summed E-state index contributed by atoms with van der Waals surface area (Å²) in [4.78, 5) is 0. The van der Waals surface area contributed by atoms with Crippen LogP contribution in [0.3, 0.4) is 0 Å². The van der Waals surface area contributed by atoms with Crippen molar-refractivity contribution in [2.75, 3.05) is 41.4 Å². The van der Waals surface area contributed by atoms with Crippen molar-refractivity contribution < 1.29 is 31.2 Å². The van der Waals surface area contributed by atoms with E-state index in [0.717, 1.165) is 48.8 Å². The molecule has 6 nitrogen and oxygen atoms in total. The van der Waals surface area contributed by atoms with E-state index in [1.165, 1.54) is 12.8 Å². The first-order valence-corrected chi connectivity index (χ1v) is 14.2. The van der Waals surface area contributed by atoms with Crippen molar-refractivity contribution in [1.82, 2.24) is 0 Å². The Morgan fingerprint density at radius 1 is 0.419 bits per heavy atom. The van der Waals surface area contributed by atoms with Crippen LogP contribution < -0.4 is 0 Å². The fraction of sp³-hybridized carbons (Fsp3) is 0.278. The van der Waals surface area contributed by atoms with Crippen LogP contribution in [0.4, 0.5) is 22.7 Å². The molecule has 0 unspecified atom stereocenters. The Morgan fingerprint density at radius 3 is 0.744 bits per heavy atom. The summed E-state index contributed by atoms with van der Waals surface area (Å²) >= 11 is 0. The van der Waals surface area contributed by atoms with Gasteiger partial charge in [-0.2, -0.15) is 12.8 Å². The van der Waals surface area contributed by atoms with Gasteiger partial charge in [-0.3, -0.25) is 0 Å². The fourth-order valence-corrected chi connectivity index (χ4v) is 3.14. The average molecular weight is 615 g/mol. The molecule has 232 valence electrons. The minimum absolute atomic E-state index is 0. The van der Waals surface area contributed by atoms with E-state index in [-0.39, 0.29) is 21.7 Å². The van der Waals surface area contributed by atoms with Gasteiger partial charge in [0.25, 0.3) is 0 Å². The smallest absolute Gasteiger partial charge is 0.00878 e. The Labute approximate surface area is 275 Å². The molecule has 4 aromatic carbocycles. The number of hydrogen-bond donors (Lipinski definition) is 0. The second kappa shape index (κ2) is 30.2. The maximum Gasteiger partial charge on any atom is 0.00878 e. The Bertz CT molecular complexity index is 884. The first-order valence-electron chi connectivity index (χ1n) is 14.2. The van der Waals surface area contributed by atoms with Crippen molar-refractivity contribution in [2.24, 2.45) is 0 Å². The fourth-order valence-electron chi connectivity index (χ4n) is 3.14. The van der Waals surface area contributed by atoms with Gasteiger partial charge in [0.05, 0.1) is 0 Å². The number of benzene rings is 4. The summed E-state index contributed by atoms with van der Waals surface area (Å²) in [5.41, 5.74) is 4.14. The number of nitrogens with zero attached hydrogens (tertiary/aromatic N) is 4. The second-order valence-corrected chi connectivity index (χ2v) is 8.60. The molecule has 2 fully saturated rings. The van der Waals surface area contributed by atoms with Crippen molar-refractivity contribution in [1.29, 1.82) is 0 Å². The molecule has 0 saturated carbocycles. The SMILES string of the molecule is C[N-]c1ccccc1.C[N-]c1ccccc1.C[N-]c1ccccc1.C[N-]c1ccccc1.[CH-]1CCCO1.[CH-]1CCCO1.[Ti]. The van der Waals surface area contributed by atoms with Gasteiger partial charge in [0.1, 0.15) is 0 Å². The monoisotopic (exact) mass is 614 g/mol. The third-order valence-electron chi connectivity index (χ3n) is 5.46. The molecule has 2 saturated heterocycles. The molecule has 0 atom stereocenters. The van der Waals surface area contributed by atoms with Crippen LogP contribution in [-0.4, -0.2) is 41.4 Å². The predicted octanol–water partition coefficient (Wildman–Crippen LogP) is 11.2. The van der Waals surface area contributed by atoms with Crippen LogP contribution in [-0.2, 0) is 31.2 Å². The summed E-state index contributed by atoms with van der Waals surface area (Å²) in [5, 5.41) is 15.9. The van der Waals surface area contributed by atoms with E-state index >= 15 is 0 Å². The van der Waals surface area contributed by atoms with Gasteiger partial charge in [-0.25, -0.2) is 13.2 Å². The Balaban J connectivity index is 0.000000495. The molecule has 0 amide bonds. The van der Waals surface area contributed by atoms with Gasteiger partial charge in [0.2, 0.25) is 0 Å². The quantitative estimate of drug-likeness (QED) is 0.169. The number of rotatable bonds is 4. The van der Waals surface area contributed by atoms with Crippen molar-refractivity contribution in [3.8, 4) is 0 Å². The summed E-state index contributed by atoms with van der Waals surface area (Å²) < 4.78 is 9.64. The van der Waals surface area contributed by atoms with Crippen molar-refractivity contribution >= 4 is 22.7 Å². The van der Waals surface area contributed by atoms with Gasteiger partial charge in [-0.05, 0) is 0 Å². The third kappa shape index (κ3) is 23.9. The van der Waals surface area contributed by atoms with E-state index < -0.39 is 0 Å². The van der Waals surface area contributed by atoms with Gasteiger partial charge in [-0.1, -0.05) is 134 Å². The van der Waals surface area contributed by atoms with E-state index in [2.05, 4.69) is 21.3 Å². The molecule has 0 radical (unpaired) electrons. The van der Waals surface area contributed by atoms with Crippen LogP contribution in [0.5, 0.6) is 0 Å². The average Bonchev–Trinajstić information content (AvgIpc) is 3.88. The van der Waals surface area contributed by atoms with Crippen molar-refractivity contribution in [3.05, 3.63) is 156 Å². The summed E-state index contributed by atoms with van der Waals surface area (Å²) in [7, 11) is 7.15. The zero-order valence-electron chi connectivity index (χ0n) is 26.0. The number of para-hydroxylation sites is 4. The minimum Gasteiger partial charge on any atom is -0.687 e. The third-order valence-corrected chi connectivity index (χ3v) is 5.46. The van der Waals surface area contributed by atoms with E-state index in [1.807, 2.05) is 135 Å². The molecule has 0 aromatic heterocycles. The van der Waals surface area contributed by atoms with Gasteiger partial charge in [0, 0.05) is 34.9 Å². The van der Waals surface area contributed by atoms with E-state index in [0.29, 0.717) is 0 Å². The van der Waals surface area contributed by atoms with E-state index in [4.69, 9.17) is 9.47 Å². The van der Waals surface area contributed by atoms with Crippen LogP contribution in [0.15, 0.2) is 121 Å². The molecule has 2 heterocycles. The van der Waals surface area contributed by atoms with Crippen LogP contribution in [0, 0.1) is 13.2 Å².